The number of halogens is 1. The average Bonchev–Trinajstić information content (AvgIpc) is 3.08. The van der Waals surface area contributed by atoms with Crippen molar-refractivity contribution in [2.24, 2.45) is 0 Å². The third-order valence-corrected chi connectivity index (χ3v) is 4.08. The fourth-order valence-electron chi connectivity index (χ4n) is 2.67. The Balaban J connectivity index is 1.59. The molecule has 1 aliphatic heterocycles. The molecular formula is C15H10ClN5O2. The van der Waals surface area contributed by atoms with Crippen LogP contribution in [0.1, 0.15) is 20.7 Å². The minimum atomic E-state index is -0.275. The first-order valence-corrected chi connectivity index (χ1v) is 7.31. The van der Waals surface area contributed by atoms with Crippen LogP contribution in [0.5, 0.6) is 0 Å². The molecule has 1 aliphatic rings. The Morgan fingerprint density at radius 1 is 0.957 bits per heavy atom. The number of carbonyl (C=O) groups excluding carboxylic acids is 2. The Bertz CT molecular complexity index is 917. The summed E-state index contributed by atoms with van der Waals surface area (Å²) in [6.45, 7) is 0.620. The molecule has 8 heteroatoms. The second-order valence-electron chi connectivity index (χ2n) is 5.08. The SMILES string of the molecule is O=C1c2ccccc2C(=O)N1CCn1cnc2c(Cl)ncnc21. The van der Waals surface area contributed by atoms with E-state index < -0.39 is 0 Å². The standard InChI is InChI=1S/C15H10ClN5O2/c16-12-11-13(18-7-17-12)20(8-19-11)5-6-21-14(22)9-3-1-2-4-10(9)15(21)23/h1-4,7-8H,5-6H2. The topological polar surface area (TPSA) is 81.0 Å². The number of aromatic nitrogens is 4. The molecule has 0 saturated heterocycles. The number of amides is 2. The van der Waals surface area contributed by atoms with Gasteiger partial charge in [-0.3, -0.25) is 14.5 Å². The van der Waals surface area contributed by atoms with E-state index in [9.17, 15) is 9.59 Å². The highest BCUT2D eigenvalue weighted by molar-refractivity contribution is 6.33. The molecule has 0 aliphatic carbocycles. The Kier molecular flexibility index (Phi) is 3.09. The molecule has 23 heavy (non-hydrogen) atoms. The molecule has 0 saturated carbocycles. The molecule has 2 amide bonds. The lowest BCUT2D eigenvalue weighted by Crippen LogP contribution is -2.32. The fraction of sp³-hybridized carbons (Fsp3) is 0.133. The minimum Gasteiger partial charge on any atom is -0.313 e. The van der Waals surface area contributed by atoms with Crippen molar-refractivity contribution < 1.29 is 9.59 Å². The van der Waals surface area contributed by atoms with Crippen molar-refractivity contribution in [3.8, 4) is 0 Å². The normalized spacial score (nSPS) is 13.9. The van der Waals surface area contributed by atoms with Gasteiger partial charge in [0.15, 0.2) is 10.8 Å². The van der Waals surface area contributed by atoms with Gasteiger partial charge >= 0.3 is 0 Å². The fourth-order valence-corrected chi connectivity index (χ4v) is 2.84. The first-order valence-electron chi connectivity index (χ1n) is 6.93. The summed E-state index contributed by atoms with van der Waals surface area (Å²) >= 11 is 5.96. The number of imidazole rings is 1. The van der Waals surface area contributed by atoms with Crippen LogP contribution in [0.25, 0.3) is 11.2 Å². The predicted octanol–water partition coefficient (Wildman–Crippen LogP) is 1.78. The maximum Gasteiger partial charge on any atom is 0.261 e. The van der Waals surface area contributed by atoms with E-state index in [1.165, 1.54) is 11.2 Å². The van der Waals surface area contributed by atoms with Gasteiger partial charge in [0.1, 0.15) is 11.8 Å². The lowest BCUT2D eigenvalue weighted by Gasteiger charge is -2.14. The van der Waals surface area contributed by atoms with Crippen LogP contribution >= 0.6 is 11.6 Å². The van der Waals surface area contributed by atoms with Gasteiger partial charge in [-0.1, -0.05) is 23.7 Å². The molecule has 4 rings (SSSR count). The zero-order valence-corrected chi connectivity index (χ0v) is 12.6. The van der Waals surface area contributed by atoms with Crippen LogP contribution in [0.4, 0.5) is 0 Å². The van der Waals surface area contributed by atoms with Crippen LogP contribution in [-0.4, -0.2) is 42.8 Å². The predicted molar refractivity (Wildman–Crippen MR) is 82.1 cm³/mol. The van der Waals surface area contributed by atoms with Crippen molar-refractivity contribution in [2.75, 3.05) is 6.54 Å². The highest BCUT2D eigenvalue weighted by Gasteiger charge is 2.34. The van der Waals surface area contributed by atoms with Crippen molar-refractivity contribution >= 4 is 34.6 Å². The molecule has 7 nitrogen and oxygen atoms in total. The summed E-state index contributed by atoms with van der Waals surface area (Å²) in [5.74, 6) is -0.551. The molecule has 3 heterocycles. The van der Waals surface area contributed by atoms with Crippen LogP contribution in [0.3, 0.4) is 0 Å². The van der Waals surface area contributed by atoms with Gasteiger partial charge in [0.05, 0.1) is 17.5 Å². The molecule has 0 spiro atoms. The van der Waals surface area contributed by atoms with Gasteiger partial charge in [-0.2, -0.15) is 0 Å². The summed E-state index contributed by atoms with van der Waals surface area (Å²) in [6.07, 6.45) is 2.92. The van der Waals surface area contributed by atoms with E-state index in [4.69, 9.17) is 11.6 Å². The summed E-state index contributed by atoms with van der Waals surface area (Å²) in [6, 6.07) is 6.82. The smallest absolute Gasteiger partial charge is 0.261 e. The largest absolute Gasteiger partial charge is 0.313 e. The second-order valence-corrected chi connectivity index (χ2v) is 5.44. The Labute approximate surface area is 135 Å². The molecule has 114 valence electrons. The second kappa shape index (κ2) is 5.13. The molecule has 0 atom stereocenters. The maximum absolute atomic E-state index is 12.3. The van der Waals surface area contributed by atoms with Gasteiger partial charge in [-0.05, 0) is 12.1 Å². The number of benzene rings is 1. The van der Waals surface area contributed by atoms with E-state index in [0.717, 1.165) is 0 Å². The molecule has 1 aromatic carbocycles. The molecule has 0 N–H and O–H groups in total. The number of rotatable bonds is 3. The zero-order chi connectivity index (χ0) is 16.0. The third-order valence-electron chi connectivity index (χ3n) is 3.80. The summed E-state index contributed by atoms with van der Waals surface area (Å²) < 4.78 is 1.74. The molecule has 0 radical (unpaired) electrons. The van der Waals surface area contributed by atoms with Crippen molar-refractivity contribution in [2.45, 2.75) is 6.54 Å². The van der Waals surface area contributed by atoms with Crippen molar-refractivity contribution in [3.05, 3.63) is 53.2 Å². The van der Waals surface area contributed by atoms with Gasteiger partial charge in [-0.25, -0.2) is 15.0 Å². The zero-order valence-electron chi connectivity index (χ0n) is 11.8. The molecule has 3 aromatic rings. The number of hydrogen-bond acceptors (Lipinski definition) is 5. The summed E-state index contributed by atoms with van der Waals surface area (Å²) in [5.41, 5.74) is 1.95. The van der Waals surface area contributed by atoms with Crippen molar-refractivity contribution in [1.82, 2.24) is 24.4 Å². The van der Waals surface area contributed by atoms with Gasteiger partial charge in [0.2, 0.25) is 0 Å². The molecular weight excluding hydrogens is 318 g/mol. The lowest BCUT2D eigenvalue weighted by molar-refractivity contribution is 0.0649. The van der Waals surface area contributed by atoms with E-state index in [1.54, 1.807) is 35.2 Å². The van der Waals surface area contributed by atoms with E-state index >= 15 is 0 Å². The van der Waals surface area contributed by atoms with Crippen molar-refractivity contribution in [3.63, 3.8) is 0 Å². The summed E-state index contributed by atoms with van der Waals surface area (Å²) in [4.78, 5) is 38.0. The van der Waals surface area contributed by atoms with E-state index in [0.29, 0.717) is 28.8 Å². The molecule has 2 aromatic heterocycles. The van der Waals surface area contributed by atoms with Crippen LogP contribution in [0.15, 0.2) is 36.9 Å². The van der Waals surface area contributed by atoms with Gasteiger partial charge in [0.25, 0.3) is 11.8 Å². The maximum atomic E-state index is 12.3. The molecule has 0 fully saturated rings. The van der Waals surface area contributed by atoms with Crippen LogP contribution < -0.4 is 0 Å². The van der Waals surface area contributed by atoms with E-state index in [-0.39, 0.29) is 23.5 Å². The first-order chi connectivity index (χ1) is 11.2. The van der Waals surface area contributed by atoms with E-state index in [2.05, 4.69) is 15.0 Å². The van der Waals surface area contributed by atoms with Gasteiger partial charge in [0, 0.05) is 13.1 Å². The van der Waals surface area contributed by atoms with Crippen molar-refractivity contribution in [1.29, 1.82) is 0 Å². The number of hydrogen-bond donors (Lipinski definition) is 0. The first kappa shape index (κ1) is 13.8. The molecule has 0 unspecified atom stereocenters. The Morgan fingerprint density at radius 3 is 2.35 bits per heavy atom. The van der Waals surface area contributed by atoms with Crippen LogP contribution in [-0.2, 0) is 6.54 Å². The average molecular weight is 328 g/mol. The number of fused-ring (bicyclic) bond motifs is 2. The minimum absolute atomic E-state index is 0.236. The highest BCUT2D eigenvalue weighted by Crippen LogP contribution is 2.23. The van der Waals surface area contributed by atoms with Gasteiger partial charge in [-0.15, -0.1) is 0 Å². The highest BCUT2D eigenvalue weighted by atomic mass is 35.5. The number of imide groups is 1. The number of nitrogens with zero attached hydrogens (tertiary/aromatic N) is 5. The van der Waals surface area contributed by atoms with Crippen LogP contribution in [0, 0.1) is 0 Å². The van der Waals surface area contributed by atoms with Crippen LogP contribution in [0.2, 0.25) is 5.15 Å². The lowest BCUT2D eigenvalue weighted by atomic mass is 10.1. The Hall–Kier alpha value is -2.80. The Morgan fingerprint density at radius 2 is 1.65 bits per heavy atom. The number of carbonyl (C=O) groups is 2. The monoisotopic (exact) mass is 327 g/mol. The van der Waals surface area contributed by atoms with E-state index in [1.807, 2.05) is 0 Å². The summed E-state index contributed by atoms with van der Waals surface area (Å²) in [7, 11) is 0. The molecule has 0 bridgehead atoms. The summed E-state index contributed by atoms with van der Waals surface area (Å²) in [5, 5.41) is 0.273. The van der Waals surface area contributed by atoms with Gasteiger partial charge < -0.3 is 4.57 Å². The third kappa shape index (κ3) is 2.08. The quantitative estimate of drug-likeness (QED) is 0.541.